The summed E-state index contributed by atoms with van der Waals surface area (Å²) in [6.45, 7) is 0.543. The van der Waals surface area contributed by atoms with Crippen LogP contribution in [-0.4, -0.2) is 60.6 Å². The van der Waals surface area contributed by atoms with Crippen LogP contribution in [0.25, 0.3) is 34.1 Å². The number of anilines is 1. The van der Waals surface area contributed by atoms with Crippen molar-refractivity contribution in [2.45, 2.75) is 24.9 Å². The van der Waals surface area contributed by atoms with E-state index in [1.807, 2.05) is 36.5 Å². The Bertz CT molecular complexity index is 1770. The highest BCUT2D eigenvalue weighted by Crippen LogP contribution is 2.32. The molecular formula is C30H28N8O3. The minimum atomic E-state index is -0.699. The fourth-order valence-corrected chi connectivity index (χ4v) is 4.91. The summed E-state index contributed by atoms with van der Waals surface area (Å²) in [4.78, 5) is 24.3. The van der Waals surface area contributed by atoms with Crippen LogP contribution >= 0.6 is 0 Å². The Kier molecular flexibility index (Phi) is 6.93. The number of nitrogens with two attached hydrogens (primary N) is 2. The predicted molar refractivity (Wildman–Crippen MR) is 153 cm³/mol. The number of fused-ring (bicyclic) bond motifs is 2. The first kappa shape index (κ1) is 26.2. The van der Waals surface area contributed by atoms with Gasteiger partial charge in [-0.25, -0.2) is 19.6 Å². The maximum atomic E-state index is 10.3. The van der Waals surface area contributed by atoms with E-state index in [9.17, 15) is 4.79 Å². The van der Waals surface area contributed by atoms with Crippen molar-refractivity contribution in [2.75, 3.05) is 25.6 Å². The van der Waals surface area contributed by atoms with E-state index in [0.29, 0.717) is 19.0 Å². The van der Waals surface area contributed by atoms with E-state index in [4.69, 9.17) is 37.3 Å². The zero-order valence-corrected chi connectivity index (χ0v) is 22.2. The second-order valence-corrected chi connectivity index (χ2v) is 9.86. The number of hydrogen-bond donors (Lipinski definition) is 2. The number of nitrogens with zero attached hydrogens (tertiary/aromatic N) is 6. The Balaban J connectivity index is 0.000000233. The molecule has 11 nitrogen and oxygen atoms in total. The number of ether oxygens (including phenoxy) is 2. The molecule has 41 heavy (non-hydrogen) atoms. The number of amides is 1. The molecular weight excluding hydrogens is 520 g/mol. The lowest BCUT2D eigenvalue weighted by Gasteiger charge is -2.35. The molecule has 1 fully saturated rings. The molecule has 0 atom stereocenters. The zero-order valence-electron chi connectivity index (χ0n) is 22.2. The van der Waals surface area contributed by atoms with Gasteiger partial charge in [0.15, 0.2) is 22.9 Å². The van der Waals surface area contributed by atoms with Crippen LogP contribution in [0.15, 0.2) is 67.1 Å². The van der Waals surface area contributed by atoms with E-state index in [1.54, 1.807) is 17.1 Å². The smallest absolute Gasteiger partial charge is 0.243 e. The number of pyridine rings is 2. The van der Waals surface area contributed by atoms with E-state index in [-0.39, 0.29) is 6.61 Å². The van der Waals surface area contributed by atoms with Gasteiger partial charge in [-0.15, -0.1) is 6.42 Å². The normalized spacial score (nSPS) is 14.9. The highest BCUT2D eigenvalue weighted by atomic mass is 16.6. The average Bonchev–Trinajstić information content (AvgIpc) is 3.72. The van der Waals surface area contributed by atoms with E-state index in [0.717, 1.165) is 46.9 Å². The van der Waals surface area contributed by atoms with Crippen LogP contribution in [0.3, 0.4) is 0 Å². The fourth-order valence-electron chi connectivity index (χ4n) is 4.91. The molecule has 0 unspecified atom stereocenters. The number of nitrogen functional groups attached to an aromatic ring is 1. The molecule has 206 valence electrons. The zero-order chi connectivity index (χ0) is 28.4. The number of aryl methyl sites for hydroxylation is 2. The van der Waals surface area contributed by atoms with E-state index in [1.165, 1.54) is 17.5 Å². The molecule has 5 aromatic rings. The summed E-state index contributed by atoms with van der Waals surface area (Å²) in [6, 6.07) is 16.2. The van der Waals surface area contributed by atoms with Crippen LogP contribution in [0.2, 0.25) is 0 Å². The molecule has 1 saturated heterocycles. The number of benzene rings is 1. The minimum absolute atomic E-state index is 0.145. The van der Waals surface area contributed by atoms with Crippen molar-refractivity contribution in [3.8, 4) is 35.2 Å². The third-order valence-electron chi connectivity index (χ3n) is 7.07. The fraction of sp³-hybridized carbons (Fsp3) is 0.233. The van der Waals surface area contributed by atoms with Gasteiger partial charge >= 0.3 is 0 Å². The number of rotatable bonds is 6. The number of terminal acetylenes is 1. The van der Waals surface area contributed by atoms with Crippen LogP contribution in [-0.2, 0) is 27.1 Å². The second kappa shape index (κ2) is 10.8. The number of hydrogen-bond acceptors (Lipinski definition) is 8. The summed E-state index contributed by atoms with van der Waals surface area (Å²) >= 11 is 0. The molecule has 1 aliphatic carbocycles. The van der Waals surface area contributed by atoms with Gasteiger partial charge in [0.1, 0.15) is 17.9 Å². The van der Waals surface area contributed by atoms with Crippen LogP contribution in [0.5, 0.6) is 0 Å². The summed E-state index contributed by atoms with van der Waals surface area (Å²) in [5.41, 5.74) is 16.6. The standard InChI is InChI=1S/C23H19N7.C7H9NO3/c24-21-18(6-2-11-25-21)22-27-19-9-10-20(29-13-3-12-26-29)28-23(19)30(22)17-8-7-15-4-1-5-16(15)14-17;1-2-7(4-10-5-7)11-3-6(8)9/h2-3,6-14H,1,4-5H2,(H2,24,25);1H,3-5H2,(H2,8,9). The highest BCUT2D eigenvalue weighted by Gasteiger charge is 2.38. The topological polar surface area (TPSA) is 149 Å². The summed E-state index contributed by atoms with van der Waals surface area (Å²) in [6.07, 6.45) is 13.9. The third-order valence-corrected chi connectivity index (χ3v) is 7.07. The number of carbonyl (C=O) groups is 1. The third kappa shape index (κ3) is 5.14. The van der Waals surface area contributed by atoms with Gasteiger partial charge in [-0.2, -0.15) is 5.10 Å². The van der Waals surface area contributed by atoms with Gasteiger partial charge in [0, 0.05) is 24.3 Å². The first-order chi connectivity index (χ1) is 20.0. The van der Waals surface area contributed by atoms with Crippen molar-refractivity contribution in [2.24, 2.45) is 5.73 Å². The molecule has 5 heterocycles. The Morgan fingerprint density at radius 3 is 2.66 bits per heavy atom. The molecule has 4 N–H and O–H groups in total. The lowest BCUT2D eigenvalue weighted by Crippen LogP contribution is -2.51. The number of primary amides is 1. The van der Waals surface area contributed by atoms with Crippen molar-refractivity contribution < 1.29 is 14.3 Å². The molecule has 2 aliphatic rings. The van der Waals surface area contributed by atoms with Crippen LogP contribution in [0.1, 0.15) is 17.5 Å². The summed E-state index contributed by atoms with van der Waals surface area (Å²) in [7, 11) is 0. The lowest BCUT2D eigenvalue weighted by molar-refractivity contribution is -0.178. The SMILES string of the molecule is C#CC1(OCC(N)=O)COC1.Nc1ncccc1-c1nc2ccc(-n3cccn3)nc2n1-c1ccc2c(c1)CCC2. The monoisotopic (exact) mass is 548 g/mol. The molecule has 0 radical (unpaired) electrons. The maximum absolute atomic E-state index is 10.3. The number of imidazole rings is 1. The van der Waals surface area contributed by atoms with Crippen molar-refractivity contribution >= 4 is 22.9 Å². The molecule has 0 saturated carbocycles. The van der Waals surface area contributed by atoms with Gasteiger partial charge in [-0.05, 0) is 72.9 Å². The van der Waals surface area contributed by atoms with Gasteiger partial charge in [0.25, 0.3) is 0 Å². The van der Waals surface area contributed by atoms with Crippen LogP contribution < -0.4 is 11.5 Å². The quantitative estimate of drug-likeness (QED) is 0.308. The van der Waals surface area contributed by atoms with Crippen molar-refractivity contribution in [3.63, 3.8) is 0 Å². The largest absolute Gasteiger partial charge is 0.383 e. The Labute approximate surface area is 236 Å². The van der Waals surface area contributed by atoms with Crippen molar-refractivity contribution in [1.82, 2.24) is 29.3 Å². The molecule has 1 aromatic carbocycles. The van der Waals surface area contributed by atoms with Crippen molar-refractivity contribution in [3.05, 3.63) is 78.2 Å². The van der Waals surface area contributed by atoms with Gasteiger partial charge in [-0.3, -0.25) is 9.36 Å². The van der Waals surface area contributed by atoms with Crippen LogP contribution in [0.4, 0.5) is 5.82 Å². The molecule has 0 bridgehead atoms. The molecule has 7 rings (SSSR count). The number of aromatic nitrogens is 6. The first-order valence-electron chi connectivity index (χ1n) is 13.2. The van der Waals surface area contributed by atoms with Gasteiger partial charge in [0.05, 0.1) is 18.8 Å². The summed E-state index contributed by atoms with van der Waals surface area (Å²) in [5.74, 6) is 3.81. The molecule has 0 spiro atoms. The number of carbonyl (C=O) groups excluding carboxylic acids is 1. The predicted octanol–water partition coefficient (Wildman–Crippen LogP) is 2.63. The first-order valence-corrected chi connectivity index (χ1v) is 13.2. The Hall–Kier alpha value is -5.05. The van der Waals surface area contributed by atoms with Gasteiger partial charge in [-0.1, -0.05) is 12.0 Å². The highest BCUT2D eigenvalue weighted by molar-refractivity contribution is 5.83. The maximum Gasteiger partial charge on any atom is 0.243 e. The minimum Gasteiger partial charge on any atom is -0.383 e. The summed E-state index contributed by atoms with van der Waals surface area (Å²) < 4.78 is 13.7. The van der Waals surface area contributed by atoms with Crippen molar-refractivity contribution in [1.29, 1.82) is 0 Å². The van der Waals surface area contributed by atoms with Gasteiger partial charge in [0.2, 0.25) is 5.91 Å². The van der Waals surface area contributed by atoms with Gasteiger partial charge < -0.3 is 20.9 Å². The van der Waals surface area contributed by atoms with E-state index in [2.05, 4.69) is 38.8 Å². The van der Waals surface area contributed by atoms with Crippen LogP contribution in [0, 0.1) is 12.3 Å². The molecule has 1 amide bonds. The van der Waals surface area contributed by atoms with E-state index >= 15 is 0 Å². The average molecular weight is 549 g/mol. The summed E-state index contributed by atoms with van der Waals surface area (Å²) in [5, 5.41) is 4.32. The molecule has 1 aliphatic heterocycles. The Morgan fingerprint density at radius 1 is 1.10 bits per heavy atom. The molecule has 11 heteroatoms. The second-order valence-electron chi connectivity index (χ2n) is 9.86. The Morgan fingerprint density at radius 2 is 1.95 bits per heavy atom. The lowest BCUT2D eigenvalue weighted by atomic mass is 10.0. The van der Waals surface area contributed by atoms with E-state index < -0.39 is 11.5 Å². The molecule has 4 aromatic heterocycles.